The van der Waals surface area contributed by atoms with Crippen LogP contribution in [0, 0.1) is 0 Å². The second-order valence-corrected chi connectivity index (χ2v) is 5.70. The predicted molar refractivity (Wildman–Crippen MR) is 65.1 cm³/mol. The lowest BCUT2D eigenvalue weighted by Gasteiger charge is -2.19. The van der Waals surface area contributed by atoms with Gasteiger partial charge in [0.25, 0.3) is 0 Å². The number of hydrogen-bond donors (Lipinski definition) is 1. The van der Waals surface area contributed by atoms with E-state index in [1.54, 1.807) is 0 Å². The van der Waals surface area contributed by atoms with E-state index in [1.165, 1.54) is 32.1 Å². The summed E-state index contributed by atoms with van der Waals surface area (Å²) in [4.78, 5) is 4.27. The fourth-order valence-corrected chi connectivity index (χ4v) is 3.10. The van der Waals surface area contributed by atoms with Crippen molar-refractivity contribution in [1.82, 2.24) is 10.1 Å². The Morgan fingerprint density at radius 2 is 2.19 bits per heavy atom. The van der Waals surface area contributed by atoms with Crippen molar-refractivity contribution in [2.45, 2.75) is 56.1 Å². The molecule has 16 heavy (non-hydrogen) atoms. The van der Waals surface area contributed by atoms with Crippen molar-refractivity contribution in [3.05, 3.63) is 11.7 Å². The SMILES string of the molecule is CC(N)c1nc(CSC2CCCCC2)no1. The Kier molecular flexibility index (Phi) is 4.23. The van der Waals surface area contributed by atoms with Crippen molar-refractivity contribution in [3.63, 3.8) is 0 Å². The summed E-state index contributed by atoms with van der Waals surface area (Å²) >= 11 is 1.95. The summed E-state index contributed by atoms with van der Waals surface area (Å²) in [7, 11) is 0. The highest BCUT2D eigenvalue weighted by Gasteiger charge is 2.16. The first-order valence-corrected chi connectivity index (χ1v) is 7.00. The van der Waals surface area contributed by atoms with Crippen LogP contribution in [0.1, 0.15) is 56.8 Å². The molecule has 1 aliphatic carbocycles. The molecule has 0 aromatic carbocycles. The van der Waals surface area contributed by atoms with E-state index in [0.29, 0.717) is 5.89 Å². The molecule has 1 unspecified atom stereocenters. The molecule has 5 heteroatoms. The molecule has 4 nitrogen and oxygen atoms in total. The lowest BCUT2D eigenvalue weighted by atomic mass is 10.0. The molecular formula is C11H19N3OS. The third-order valence-corrected chi connectivity index (χ3v) is 4.24. The highest BCUT2D eigenvalue weighted by molar-refractivity contribution is 7.99. The van der Waals surface area contributed by atoms with E-state index in [1.807, 2.05) is 18.7 Å². The highest BCUT2D eigenvalue weighted by Crippen LogP contribution is 2.29. The summed E-state index contributed by atoms with van der Waals surface area (Å²) in [6.07, 6.45) is 6.81. The van der Waals surface area contributed by atoms with Gasteiger partial charge in [0, 0.05) is 5.25 Å². The third-order valence-electron chi connectivity index (χ3n) is 2.87. The van der Waals surface area contributed by atoms with Crippen LogP contribution >= 0.6 is 11.8 Å². The van der Waals surface area contributed by atoms with Gasteiger partial charge in [0.15, 0.2) is 5.82 Å². The minimum atomic E-state index is -0.166. The van der Waals surface area contributed by atoms with Crippen LogP contribution in [-0.4, -0.2) is 15.4 Å². The monoisotopic (exact) mass is 241 g/mol. The molecule has 90 valence electrons. The predicted octanol–water partition coefficient (Wildman–Crippen LogP) is 2.66. The number of thioether (sulfide) groups is 1. The van der Waals surface area contributed by atoms with Gasteiger partial charge in [-0.15, -0.1) is 0 Å². The maximum atomic E-state index is 5.66. The van der Waals surface area contributed by atoms with Crippen molar-refractivity contribution in [3.8, 4) is 0 Å². The van der Waals surface area contributed by atoms with Gasteiger partial charge in [-0.25, -0.2) is 0 Å². The second kappa shape index (κ2) is 5.68. The third kappa shape index (κ3) is 3.22. The maximum Gasteiger partial charge on any atom is 0.243 e. The normalized spacial score (nSPS) is 19.9. The molecule has 0 radical (unpaired) electrons. The van der Waals surface area contributed by atoms with Crippen LogP contribution in [0.5, 0.6) is 0 Å². The van der Waals surface area contributed by atoms with Crippen LogP contribution in [0.25, 0.3) is 0 Å². The number of aromatic nitrogens is 2. The molecule has 1 aromatic rings. The minimum absolute atomic E-state index is 0.166. The Morgan fingerprint density at radius 3 is 2.81 bits per heavy atom. The van der Waals surface area contributed by atoms with Crippen molar-refractivity contribution >= 4 is 11.8 Å². The Balaban J connectivity index is 1.79. The van der Waals surface area contributed by atoms with Crippen LogP contribution in [0.15, 0.2) is 4.52 Å². The topological polar surface area (TPSA) is 64.9 Å². The lowest BCUT2D eigenvalue weighted by molar-refractivity contribution is 0.358. The van der Waals surface area contributed by atoms with Gasteiger partial charge in [-0.2, -0.15) is 16.7 Å². The summed E-state index contributed by atoms with van der Waals surface area (Å²) in [5, 5.41) is 4.72. The van der Waals surface area contributed by atoms with Crippen LogP contribution in [0.3, 0.4) is 0 Å². The minimum Gasteiger partial charge on any atom is -0.338 e. The Morgan fingerprint density at radius 1 is 1.44 bits per heavy atom. The van der Waals surface area contributed by atoms with Gasteiger partial charge >= 0.3 is 0 Å². The van der Waals surface area contributed by atoms with Crippen LogP contribution in [0.2, 0.25) is 0 Å². The average molecular weight is 241 g/mol. The van der Waals surface area contributed by atoms with Crippen LogP contribution in [0.4, 0.5) is 0 Å². The van der Waals surface area contributed by atoms with E-state index in [-0.39, 0.29) is 6.04 Å². The van der Waals surface area contributed by atoms with E-state index in [2.05, 4.69) is 10.1 Å². The van der Waals surface area contributed by atoms with Gasteiger partial charge in [0.05, 0.1) is 11.8 Å². The average Bonchev–Trinajstić information content (AvgIpc) is 2.76. The number of rotatable bonds is 4. The zero-order valence-electron chi connectivity index (χ0n) is 9.69. The quantitative estimate of drug-likeness (QED) is 0.878. The summed E-state index contributed by atoms with van der Waals surface area (Å²) in [6.45, 7) is 1.85. The molecule has 2 rings (SSSR count). The molecule has 1 fully saturated rings. The van der Waals surface area contributed by atoms with E-state index < -0.39 is 0 Å². The smallest absolute Gasteiger partial charge is 0.243 e. The summed E-state index contributed by atoms with van der Waals surface area (Å²) in [6, 6.07) is -0.166. The van der Waals surface area contributed by atoms with Crippen molar-refractivity contribution in [1.29, 1.82) is 0 Å². The Hall–Kier alpha value is -0.550. The highest BCUT2D eigenvalue weighted by atomic mass is 32.2. The van der Waals surface area contributed by atoms with Gasteiger partial charge in [0.2, 0.25) is 5.89 Å². The molecular weight excluding hydrogens is 222 g/mol. The molecule has 1 aromatic heterocycles. The first kappa shape index (κ1) is 11.9. The molecule has 2 N–H and O–H groups in total. The number of nitrogens with two attached hydrogens (primary N) is 1. The van der Waals surface area contributed by atoms with Gasteiger partial charge in [-0.3, -0.25) is 0 Å². The van der Waals surface area contributed by atoms with Crippen molar-refractivity contribution in [2.75, 3.05) is 0 Å². The molecule has 0 spiro atoms. The van der Waals surface area contributed by atoms with Crippen LogP contribution < -0.4 is 5.73 Å². The van der Waals surface area contributed by atoms with E-state index >= 15 is 0 Å². The zero-order valence-corrected chi connectivity index (χ0v) is 10.5. The summed E-state index contributed by atoms with van der Waals surface area (Å²) < 4.78 is 5.07. The molecule has 0 amide bonds. The summed E-state index contributed by atoms with van der Waals surface area (Å²) in [5.74, 6) is 2.17. The fourth-order valence-electron chi connectivity index (χ4n) is 1.94. The van der Waals surface area contributed by atoms with Crippen LogP contribution in [-0.2, 0) is 5.75 Å². The first-order valence-electron chi connectivity index (χ1n) is 5.95. The standard InChI is InChI=1S/C11H19N3OS/c1-8(12)11-13-10(14-15-11)7-16-9-5-3-2-4-6-9/h8-9H,2-7,12H2,1H3. The number of hydrogen-bond acceptors (Lipinski definition) is 5. The van der Waals surface area contributed by atoms with E-state index in [0.717, 1.165) is 16.8 Å². The largest absolute Gasteiger partial charge is 0.338 e. The molecule has 1 aliphatic rings. The molecule has 0 aliphatic heterocycles. The van der Waals surface area contributed by atoms with Crippen molar-refractivity contribution < 1.29 is 4.52 Å². The van der Waals surface area contributed by atoms with Gasteiger partial charge in [-0.1, -0.05) is 24.4 Å². The molecule has 0 saturated heterocycles. The van der Waals surface area contributed by atoms with E-state index in [4.69, 9.17) is 10.3 Å². The molecule has 1 atom stereocenters. The summed E-state index contributed by atoms with van der Waals surface area (Å²) in [5.41, 5.74) is 5.66. The molecule has 0 bridgehead atoms. The van der Waals surface area contributed by atoms with Gasteiger partial charge in [-0.05, 0) is 19.8 Å². The first-order chi connectivity index (χ1) is 7.75. The van der Waals surface area contributed by atoms with Gasteiger partial charge < -0.3 is 10.3 Å². The zero-order chi connectivity index (χ0) is 11.4. The fraction of sp³-hybridized carbons (Fsp3) is 0.818. The molecule has 1 heterocycles. The lowest BCUT2D eigenvalue weighted by Crippen LogP contribution is -2.08. The van der Waals surface area contributed by atoms with Crippen molar-refractivity contribution in [2.24, 2.45) is 5.73 Å². The number of nitrogens with zero attached hydrogens (tertiary/aromatic N) is 2. The van der Waals surface area contributed by atoms with Gasteiger partial charge in [0.1, 0.15) is 0 Å². The molecule has 1 saturated carbocycles. The maximum absolute atomic E-state index is 5.66. The second-order valence-electron chi connectivity index (χ2n) is 4.41. The Labute approximate surface area is 100 Å². The Bertz CT molecular complexity index is 321. The van der Waals surface area contributed by atoms with E-state index in [9.17, 15) is 0 Å².